The number of fused-ring (bicyclic) bond motifs is 6. The molecule has 3 saturated carbocycles. The summed E-state index contributed by atoms with van der Waals surface area (Å²) in [5.41, 5.74) is 2.15. The minimum Gasteiger partial charge on any atom is -0.294 e. The first-order valence-electron chi connectivity index (χ1n) is 8.44. The molecule has 5 rings (SSSR count). The summed E-state index contributed by atoms with van der Waals surface area (Å²) >= 11 is 0. The first kappa shape index (κ1) is 12.6. The summed E-state index contributed by atoms with van der Waals surface area (Å²) in [4.78, 5) is 11.1. The molecule has 1 nitrogen and oxygen atoms in total. The van der Waals surface area contributed by atoms with Crippen LogP contribution in [0.2, 0.25) is 0 Å². The maximum Gasteiger partial charge on any atom is 0.163 e. The van der Waals surface area contributed by atoms with Crippen molar-refractivity contribution in [1.82, 2.24) is 0 Å². The summed E-state index contributed by atoms with van der Waals surface area (Å²) in [5, 5.41) is 0. The molecule has 0 spiro atoms. The Morgan fingerprint density at radius 2 is 1.55 bits per heavy atom. The van der Waals surface area contributed by atoms with Crippen molar-refractivity contribution in [3.8, 4) is 0 Å². The third kappa shape index (κ3) is 2.03. The summed E-state index contributed by atoms with van der Waals surface area (Å²) in [7, 11) is 0. The minimum atomic E-state index is 0.301. The van der Waals surface area contributed by atoms with Crippen LogP contribution < -0.4 is 0 Å². The molecule has 0 saturated heterocycles. The molecule has 1 aromatic carbocycles. The molecule has 106 valence electrons. The van der Waals surface area contributed by atoms with Gasteiger partial charge in [-0.25, -0.2) is 0 Å². The molecule has 3 fully saturated rings. The second kappa shape index (κ2) is 5.02. The van der Waals surface area contributed by atoms with E-state index < -0.39 is 0 Å². The van der Waals surface area contributed by atoms with E-state index >= 15 is 0 Å². The van der Waals surface area contributed by atoms with E-state index in [4.69, 9.17) is 0 Å². The van der Waals surface area contributed by atoms with Crippen molar-refractivity contribution in [1.29, 1.82) is 0 Å². The molecular formula is C19H24O. The Morgan fingerprint density at radius 1 is 0.850 bits per heavy atom. The van der Waals surface area contributed by atoms with Gasteiger partial charge in [0.05, 0.1) is 0 Å². The molecule has 0 amide bonds. The fourth-order valence-electron chi connectivity index (χ4n) is 5.41. The van der Waals surface area contributed by atoms with E-state index in [9.17, 15) is 4.79 Å². The highest BCUT2D eigenvalue weighted by Crippen LogP contribution is 2.58. The molecule has 4 aliphatic carbocycles. The number of benzene rings is 1. The van der Waals surface area contributed by atoms with Gasteiger partial charge >= 0.3 is 0 Å². The van der Waals surface area contributed by atoms with Crippen molar-refractivity contribution in [2.24, 2.45) is 23.7 Å². The number of ketones is 1. The van der Waals surface area contributed by atoms with E-state index in [0.717, 1.165) is 12.0 Å². The van der Waals surface area contributed by atoms with Gasteiger partial charge in [0, 0.05) is 12.0 Å². The molecule has 0 heterocycles. The van der Waals surface area contributed by atoms with E-state index in [1.165, 1.54) is 29.2 Å². The van der Waals surface area contributed by atoms with E-state index in [0.29, 0.717) is 12.2 Å². The smallest absolute Gasteiger partial charge is 0.163 e. The summed E-state index contributed by atoms with van der Waals surface area (Å²) in [6.07, 6.45) is 11.2. The molecule has 2 bridgehead atoms. The van der Waals surface area contributed by atoms with Crippen LogP contribution in [0.3, 0.4) is 0 Å². The topological polar surface area (TPSA) is 17.1 Å². The van der Waals surface area contributed by atoms with Crippen molar-refractivity contribution in [2.45, 2.75) is 51.4 Å². The van der Waals surface area contributed by atoms with Gasteiger partial charge in [-0.05, 0) is 67.8 Å². The summed E-state index contributed by atoms with van der Waals surface area (Å²) < 4.78 is 0. The largest absolute Gasteiger partial charge is 0.294 e. The molecule has 0 aliphatic heterocycles. The molecule has 4 aliphatic rings. The zero-order chi connectivity index (χ0) is 13.5. The predicted molar refractivity (Wildman–Crippen MR) is 80.8 cm³/mol. The standard InChI is InChI=1S/C10H16.C9H8O/c1-2-9-7-4-5-8(6-7)10(9)3-1;10-9-6-5-7-3-1-2-4-8(7)9/h7-10H,1-6H2;1-4H,5-6H2. The third-order valence-electron chi connectivity index (χ3n) is 6.29. The average molecular weight is 268 g/mol. The Balaban J connectivity index is 0.000000106. The van der Waals surface area contributed by atoms with Gasteiger partial charge < -0.3 is 0 Å². The normalized spacial score (nSPS) is 36.5. The lowest BCUT2D eigenvalue weighted by Gasteiger charge is -2.23. The van der Waals surface area contributed by atoms with Crippen LogP contribution in [0, 0.1) is 23.7 Å². The highest BCUT2D eigenvalue weighted by molar-refractivity contribution is 6.00. The van der Waals surface area contributed by atoms with Crippen molar-refractivity contribution in [3.05, 3.63) is 35.4 Å². The molecule has 20 heavy (non-hydrogen) atoms. The maximum absolute atomic E-state index is 11.1. The van der Waals surface area contributed by atoms with Crippen molar-refractivity contribution in [2.75, 3.05) is 0 Å². The Labute approximate surface area is 121 Å². The maximum atomic E-state index is 11.1. The Bertz CT molecular complexity index is 502. The highest BCUT2D eigenvalue weighted by Gasteiger charge is 2.48. The molecule has 0 radical (unpaired) electrons. The van der Waals surface area contributed by atoms with E-state index in [2.05, 4.69) is 0 Å². The number of Topliss-reactive ketones (excluding diaryl/α,β-unsaturated/α-hetero) is 1. The van der Waals surface area contributed by atoms with Gasteiger partial charge in [0.15, 0.2) is 5.78 Å². The van der Waals surface area contributed by atoms with Crippen LogP contribution in [-0.2, 0) is 6.42 Å². The van der Waals surface area contributed by atoms with Crippen molar-refractivity contribution in [3.63, 3.8) is 0 Å². The van der Waals surface area contributed by atoms with Gasteiger partial charge in [-0.15, -0.1) is 0 Å². The second-order valence-corrected chi connectivity index (χ2v) is 7.17. The van der Waals surface area contributed by atoms with Crippen LogP contribution >= 0.6 is 0 Å². The summed E-state index contributed by atoms with van der Waals surface area (Å²) in [6, 6.07) is 7.84. The number of hydrogen-bond donors (Lipinski definition) is 0. The van der Waals surface area contributed by atoms with Crippen LogP contribution in [0.4, 0.5) is 0 Å². The Hall–Kier alpha value is -1.11. The molecule has 4 atom stereocenters. The zero-order valence-electron chi connectivity index (χ0n) is 12.2. The van der Waals surface area contributed by atoms with Gasteiger partial charge in [-0.3, -0.25) is 4.79 Å². The Kier molecular flexibility index (Phi) is 3.17. The number of aryl methyl sites for hydroxylation is 1. The second-order valence-electron chi connectivity index (χ2n) is 7.17. The summed E-state index contributed by atoms with van der Waals surface area (Å²) in [5.74, 6) is 5.10. The lowest BCUT2D eigenvalue weighted by Crippen LogP contribution is -2.15. The zero-order valence-corrected chi connectivity index (χ0v) is 12.2. The molecular weight excluding hydrogens is 244 g/mol. The SMILES string of the molecule is C1CC2C3CCC(C3)C2C1.O=C1CCc2ccccc21. The monoisotopic (exact) mass is 268 g/mol. The van der Waals surface area contributed by atoms with Crippen molar-refractivity contribution >= 4 is 5.78 Å². The summed E-state index contributed by atoms with van der Waals surface area (Å²) in [6.45, 7) is 0. The average Bonchev–Trinajstić information content (AvgIpc) is 3.22. The van der Waals surface area contributed by atoms with E-state index in [1.807, 2.05) is 24.3 Å². The van der Waals surface area contributed by atoms with Gasteiger partial charge in [0.1, 0.15) is 0 Å². The third-order valence-corrected chi connectivity index (χ3v) is 6.29. The van der Waals surface area contributed by atoms with Gasteiger partial charge in [-0.2, -0.15) is 0 Å². The predicted octanol–water partition coefficient (Wildman–Crippen LogP) is 4.65. The fraction of sp³-hybridized carbons (Fsp3) is 0.632. The number of hydrogen-bond acceptors (Lipinski definition) is 1. The van der Waals surface area contributed by atoms with Crippen LogP contribution in [-0.4, -0.2) is 5.78 Å². The molecule has 1 heteroatoms. The van der Waals surface area contributed by atoms with Crippen molar-refractivity contribution < 1.29 is 4.79 Å². The van der Waals surface area contributed by atoms with Crippen LogP contribution in [0.25, 0.3) is 0 Å². The van der Waals surface area contributed by atoms with Gasteiger partial charge in [-0.1, -0.05) is 30.7 Å². The number of carbonyl (C=O) groups is 1. The molecule has 1 aromatic rings. The Morgan fingerprint density at radius 3 is 2.25 bits per heavy atom. The fourth-order valence-corrected chi connectivity index (χ4v) is 5.41. The van der Waals surface area contributed by atoms with E-state index in [-0.39, 0.29) is 0 Å². The molecule has 0 N–H and O–H groups in total. The minimum absolute atomic E-state index is 0.301. The van der Waals surface area contributed by atoms with Crippen LogP contribution in [0.15, 0.2) is 24.3 Å². The van der Waals surface area contributed by atoms with E-state index in [1.54, 1.807) is 38.5 Å². The molecule has 0 aromatic heterocycles. The van der Waals surface area contributed by atoms with Crippen LogP contribution in [0.1, 0.15) is 60.9 Å². The number of carbonyl (C=O) groups excluding carboxylic acids is 1. The quantitative estimate of drug-likeness (QED) is 0.669. The first-order chi connectivity index (χ1) is 9.83. The lowest BCUT2D eigenvalue weighted by molar-refractivity contribution is 0.0994. The van der Waals surface area contributed by atoms with Gasteiger partial charge in [0.25, 0.3) is 0 Å². The highest BCUT2D eigenvalue weighted by atomic mass is 16.1. The molecule has 4 unspecified atom stereocenters. The van der Waals surface area contributed by atoms with Crippen LogP contribution in [0.5, 0.6) is 0 Å². The lowest BCUT2D eigenvalue weighted by atomic mass is 9.82. The first-order valence-corrected chi connectivity index (χ1v) is 8.44. The van der Waals surface area contributed by atoms with Gasteiger partial charge in [0.2, 0.25) is 0 Å². The number of rotatable bonds is 0.